The fourth-order valence-corrected chi connectivity index (χ4v) is 1.63. The highest BCUT2D eigenvalue weighted by Crippen LogP contribution is 2.03. The van der Waals surface area contributed by atoms with E-state index in [-0.39, 0.29) is 17.8 Å². The van der Waals surface area contributed by atoms with Gasteiger partial charge in [-0.3, -0.25) is 4.79 Å². The lowest BCUT2D eigenvalue weighted by Gasteiger charge is -2.10. The molecule has 0 saturated heterocycles. The Morgan fingerprint density at radius 2 is 2.29 bits per heavy atom. The number of hydrogen-bond acceptors (Lipinski definition) is 2. The summed E-state index contributed by atoms with van der Waals surface area (Å²) in [6.07, 6.45) is 2.13. The van der Waals surface area contributed by atoms with Gasteiger partial charge in [0.05, 0.1) is 0 Å². The van der Waals surface area contributed by atoms with Crippen LogP contribution in [0.4, 0.5) is 4.39 Å². The van der Waals surface area contributed by atoms with Crippen LogP contribution in [0.15, 0.2) is 24.3 Å². The lowest BCUT2D eigenvalue weighted by molar-refractivity contribution is -0.121. The van der Waals surface area contributed by atoms with Gasteiger partial charge in [0.25, 0.3) is 0 Å². The number of hydrogen-bond donors (Lipinski definition) is 2. The molecule has 0 aliphatic carbocycles. The van der Waals surface area contributed by atoms with Crippen molar-refractivity contribution in [3.05, 3.63) is 35.6 Å². The first-order valence-electron chi connectivity index (χ1n) is 5.88. The molecule has 0 aromatic heterocycles. The van der Waals surface area contributed by atoms with E-state index in [1.54, 1.807) is 12.1 Å². The standard InChI is InChI=1S/C13H19FN2O/c1-2-4-12(15)8-13(17)16-9-10-5-3-6-11(14)7-10/h3,5-7,12H,2,4,8-9,15H2,1H3,(H,16,17). The van der Waals surface area contributed by atoms with Crippen molar-refractivity contribution in [3.8, 4) is 0 Å². The molecule has 94 valence electrons. The summed E-state index contributed by atoms with van der Waals surface area (Å²) < 4.78 is 12.9. The number of nitrogens with one attached hydrogen (secondary N) is 1. The molecule has 0 spiro atoms. The second-order valence-electron chi connectivity index (χ2n) is 4.16. The third kappa shape index (κ3) is 5.45. The Labute approximate surface area is 101 Å². The molecular weight excluding hydrogens is 219 g/mol. The fraction of sp³-hybridized carbons (Fsp3) is 0.462. The van der Waals surface area contributed by atoms with Crippen molar-refractivity contribution in [2.75, 3.05) is 0 Å². The molecule has 1 unspecified atom stereocenters. The molecule has 1 atom stereocenters. The smallest absolute Gasteiger partial charge is 0.221 e. The maximum Gasteiger partial charge on any atom is 0.221 e. The Morgan fingerprint density at radius 1 is 1.53 bits per heavy atom. The van der Waals surface area contributed by atoms with Crippen molar-refractivity contribution in [2.45, 2.75) is 38.8 Å². The van der Waals surface area contributed by atoms with Gasteiger partial charge in [-0.25, -0.2) is 4.39 Å². The van der Waals surface area contributed by atoms with Gasteiger partial charge in [-0.15, -0.1) is 0 Å². The van der Waals surface area contributed by atoms with Gasteiger partial charge >= 0.3 is 0 Å². The van der Waals surface area contributed by atoms with Crippen LogP contribution in [0.2, 0.25) is 0 Å². The summed E-state index contributed by atoms with van der Waals surface area (Å²) >= 11 is 0. The summed E-state index contributed by atoms with van der Waals surface area (Å²) in [6, 6.07) is 6.09. The lowest BCUT2D eigenvalue weighted by atomic mass is 10.1. The summed E-state index contributed by atoms with van der Waals surface area (Å²) in [5.74, 6) is -0.380. The number of carbonyl (C=O) groups is 1. The molecule has 0 aliphatic heterocycles. The molecule has 0 bridgehead atoms. The van der Waals surface area contributed by atoms with Gasteiger partial charge in [0.2, 0.25) is 5.91 Å². The predicted molar refractivity (Wildman–Crippen MR) is 65.7 cm³/mol. The number of carbonyl (C=O) groups excluding carboxylic acids is 1. The minimum Gasteiger partial charge on any atom is -0.352 e. The summed E-state index contributed by atoms with van der Waals surface area (Å²) in [5, 5.41) is 2.73. The third-order valence-corrected chi connectivity index (χ3v) is 2.49. The highest BCUT2D eigenvalue weighted by atomic mass is 19.1. The van der Waals surface area contributed by atoms with E-state index in [1.807, 2.05) is 6.92 Å². The van der Waals surface area contributed by atoms with Crippen LogP contribution in [0.25, 0.3) is 0 Å². The zero-order chi connectivity index (χ0) is 12.7. The van der Waals surface area contributed by atoms with Crippen molar-refractivity contribution in [1.29, 1.82) is 0 Å². The van der Waals surface area contributed by atoms with Crippen molar-refractivity contribution in [2.24, 2.45) is 5.73 Å². The molecule has 0 radical (unpaired) electrons. The summed E-state index contributed by atoms with van der Waals surface area (Å²) in [6.45, 7) is 2.37. The van der Waals surface area contributed by atoms with E-state index in [1.165, 1.54) is 12.1 Å². The number of rotatable bonds is 6. The number of amides is 1. The SMILES string of the molecule is CCCC(N)CC(=O)NCc1cccc(F)c1. The average Bonchev–Trinajstić information content (AvgIpc) is 2.27. The normalized spacial score (nSPS) is 12.2. The molecule has 1 aromatic rings. The molecule has 3 N–H and O–H groups in total. The number of halogens is 1. The van der Waals surface area contributed by atoms with E-state index >= 15 is 0 Å². The molecule has 3 nitrogen and oxygen atoms in total. The van der Waals surface area contributed by atoms with Crippen LogP contribution in [0.5, 0.6) is 0 Å². The van der Waals surface area contributed by atoms with Crippen molar-refractivity contribution < 1.29 is 9.18 Å². The topological polar surface area (TPSA) is 55.1 Å². The molecule has 0 heterocycles. The van der Waals surface area contributed by atoms with Crippen LogP contribution in [0, 0.1) is 5.82 Å². The predicted octanol–water partition coefficient (Wildman–Crippen LogP) is 1.96. The average molecular weight is 238 g/mol. The third-order valence-electron chi connectivity index (χ3n) is 2.49. The molecule has 1 aromatic carbocycles. The molecule has 4 heteroatoms. The van der Waals surface area contributed by atoms with Gasteiger partial charge in [-0.05, 0) is 24.1 Å². The summed E-state index contributed by atoms with van der Waals surface area (Å²) in [7, 11) is 0. The van der Waals surface area contributed by atoms with E-state index in [0.29, 0.717) is 13.0 Å². The van der Waals surface area contributed by atoms with Crippen LogP contribution >= 0.6 is 0 Å². The summed E-state index contributed by atoms with van der Waals surface area (Å²) in [4.78, 5) is 11.5. The maximum absolute atomic E-state index is 12.9. The molecular formula is C13H19FN2O. The fourth-order valence-electron chi connectivity index (χ4n) is 1.63. The van der Waals surface area contributed by atoms with Crippen molar-refractivity contribution in [3.63, 3.8) is 0 Å². The zero-order valence-electron chi connectivity index (χ0n) is 10.1. The molecule has 0 saturated carbocycles. The molecule has 17 heavy (non-hydrogen) atoms. The first-order chi connectivity index (χ1) is 8.11. The maximum atomic E-state index is 12.9. The van der Waals surface area contributed by atoms with E-state index in [9.17, 15) is 9.18 Å². The van der Waals surface area contributed by atoms with Gasteiger partial charge in [0.15, 0.2) is 0 Å². The Bertz CT molecular complexity index is 368. The first-order valence-corrected chi connectivity index (χ1v) is 5.88. The minimum absolute atomic E-state index is 0.0878. The Balaban J connectivity index is 2.33. The number of nitrogens with two attached hydrogens (primary N) is 1. The highest BCUT2D eigenvalue weighted by Gasteiger charge is 2.08. The molecule has 0 aliphatic rings. The van der Waals surface area contributed by atoms with E-state index in [4.69, 9.17) is 5.73 Å². The van der Waals surface area contributed by atoms with E-state index in [2.05, 4.69) is 5.32 Å². The largest absolute Gasteiger partial charge is 0.352 e. The Morgan fingerprint density at radius 3 is 2.94 bits per heavy atom. The summed E-state index contributed by atoms with van der Waals surface area (Å²) in [5.41, 5.74) is 6.51. The van der Waals surface area contributed by atoms with Gasteiger partial charge < -0.3 is 11.1 Å². The molecule has 0 fully saturated rings. The minimum atomic E-state index is -0.292. The Hall–Kier alpha value is -1.42. The quantitative estimate of drug-likeness (QED) is 0.796. The molecule has 1 rings (SSSR count). The zero-order valence-corrected chi connectivity index (χ0v) is 10.1. The van der Waals surface area contributed by atoms with E-state index < -0.39 is 0 Å². The second-order valence-corrected chi connectivity index (χ2v) is 4.16. The van der Waals surface area contributed by atoms with Crippen LogP contribution in [-0.4, -0.2) is 11.9 Å². The van der Waals surface area contributed by atoms with Gasteiger partial charge in [0, 0.05) is 19.0 Å². The Kier molecular flexibility index (Phi) is 5.63. The van der Waals surface area contributed by atoms with Gasteiger partial charge in [0.1, 0.15) is 5.82 Å². The highest BCUT2D eigenvalue weighted by molar-refractivity contribution is 5.76. The van der Waals surface area contributed by atoms with Crippen LogP contribution in [0.3, 0.4) is 0 Å². The van der Waals surface area contributed by atoms with E-state index in [0.717, 1.165) is 18.4 Å². The van der Waals surface area contributed by atoms with Crippen LogP contribution in [0.1, 0.15) is 31.7 Å². The van der Waals surface area contributed by atoms with Crippen LogP contribution in [-0.2, 0) is 11.3 Å². The van der Waals surface area contributed by atoms with Gasteiger partial charge in [-0.2, -0.15) is 0 Å². The molecule has 1 amide bonds. The second kappa shape index (κ2) is 7.01. The monoisotopic (exact) mass is 238 g/mol. The lowest BCUT2D eigenvalue weighted by Crippen LogP contribution is -2.31. The van der Waals surface area contributed by atoms with Gasteiger partial charge in [-0.1, -0.05) is 25.5 Å². The van der Waals surface area contributed by atoms with Crippen molar-refractivity contribution >= 4 is 5.91 Å². The number of benzene rings is 1. The van der Waals surface area contributed by atoms with Crippen LogP contribution < -0.4 is 11.1 Å². The first kappa shape index (κ1) is 13.6. The van der Waals surface area contributed by atoms with Crippen molar-refractivity contribution in [1.82, 2.24) is 5.32 Å².